The fourth-order valence-electron chi connectivity index (χ4n) is 4.51. The summed E-state index contributed by atoms with van der Waals surface area (Å²) in [5.74, 6) is 1.19. The van der Waals surface area contributed by atoms with Crippen LogP contribution in [0.5, 0.6) is 0 Å². The van der Waals surface area contributed by atoms with Crippen molar-refractivity contribution in [3.8, 4) is 0 Å². The van der Waals surface area contributed by atoms with Crippen LogP contribution in [0.25, 0.3) is 0 Å². The van der Waals surface area contributed by atoms with Crippen molar-refractivity contribution in [2.45, 2.75) is 84.2 Å². The summed E-state index contributed by atoms with van der Waals surface area (Å²) in [6, 6.07) is 0. The molecule has 2 fully saturated rings. The van der Waals surface area contributed by atoms with Crippen LogP contribution in [0.1, 0.15) is 78.6 Å². The van der Waals surface area contributed by atoms with Crippen LogP contribution in [-0.4, -0.2) is 23.3 Å². The zero-order chi connectivity index (χ0) is 15.5. The fraction of sp³-hybridized carbons (Fsp3) is 0.944. The highest BCUT2D eigenvalue weighted by Gasteiger charge is 2.47. The van der Waals surface area contributed by atoms with Crippen molar-refractivity contribution in [3.63, 3.8) is 0 Å². The van der Waals surface area contributed by atoms with Crippen LogP contribution < -0.4 is 0 Å². The summed E-state index contributed by atoms with van der Waals surface area (Å²) >= 11 is 0. The standard InChI is InChI=1S/C18H32O3/c1-4-8-17(2,3)16(20)21-18-9-5-6-14(12-18)11-15(13-18)7-10-19/h14-15,19H,4-13H2,1-3H3. The van der Waals surface area contributed by atoms with Crippen molar-refractivity contribution < 1.29 is 14.6 Å². The number of hydrogen-bond donors (Lipinski definition) is 1. The summed E-state index contributed by atoms with van der Waals surface area (Å²) in [7, 11) is 0. The Bertz CT molecular complexity index is 363. The van der Waals surface area contributed by atoms with E-state index in [9.17, 15) is 9.90 Å². The van der Waals surface area contributed by atoms with Gasteiger partial charge in [0.25, 0.3) is 0 Å². The van der Waals surface area contributed by atoms with Crippen molar-refractivity contribution in [2.75, 3.05) is 6.61 Å². The zero-order valence-corrected chi connectivity index (χ0v) is 14.0. The van der Waals surface area contributed by atoms with Gasteiger partial charge in [0.2, 0.25) is 0 Å². The highest BCUT2D eigenvalue weighted by atomic mass is 16.6. The molecule has 3 atom stereocenters. The normalized spacial score (nSPS) is 32.8. The Kier molecular flexibility index (Phi) is 5.34. The molecular formula is C18H32O3. The van der Waals surface area contributed by atoms with E-state index in [1.807, 2.05) is 13.8 Å². The highest BCUT2D eigenvalue weighted by molar-refractivity contribution is 5.76. The first-order valence-electron chi connectivity index (χ1n) is 8.75. The van der Waals surface area contributed by atoms with Gasteiger partial charge >= 0.3 is 5.97 Å². The first-order chi connectivity index (χ1) is 9.91. The lowest BCUT2D eigenvalue weighted by molar-refractivity contribution is -0.184. The molecule has 2 saturated carbocycles. The smallest absolute Gasteiger partial charge is 0.312 e. The molecule has 3 unspecified atom stereocenters. The summed E-state index contributed by atoms with van der Waals surface area (Å²) in [6.07, 6.45) is 9.40. The number of carbonyl (C=O) groups excluding carboxylic acids is 1. The molecule has 1 N–H and O–H groups in total. The summed E-state index contributed by atoms with van der Waals surface area (Å²) < 4.78 is 6.12. The molecule has 2 rings (SSSR count). The maximum absolute atomic E-state index is 12.6. The fourth-order valence-corrected chi connectivity index (χ4v) is 4.51. The van der Waals surface area contributed by atoms with Crippen molar-refractivity contribution in [2.24, 2.45) is 17.3 Å². The van der Waals surface area contributed by atoms with Crippen molar-refractivity contribution in [3.05, 3.63) is 0 Å². The van der Waals surface area contributed by atoms with Crippen LogP contribution in [0.4, 0.5) is 0 Å². The van der Waals surface area contributed by atoms with Gasteiger partial charge in [-0.1, -0.05) is 19.8 Å². The van der Waals surface area contributed by atoms with E-state index in [1.165, 1.54) is 19.3 Å². The van der Waals surface area contributed by atoms with Gasteiger partial charge in [0.1, 0.15) is 5.60 Å². The molecule has 0 aromatic heterocycles. The molecule has 0 amide bonds. The van der Waals surface area contributed by atoms with Gasteiger partial charge in [-0.15, -0.1) is 0 Å². The van der Waals surface area contributed by atoms with E-state index in [0.29, 0.717) is 11.8 Å². The lowest BCUT2D eigenvalue weighted by atomic mass is 9.64. The molecule has 3 nitrogen and oxygen atoms in total. The molecule has 0 radical (unpaired) electrons. The minimum absolute atomic E-state index is 0.0188. The van der Waals surface area contributed by atoms with Gasteiger partial charge in [0.05, 0.1) is 5.41 Å². The maximum Gasteiger partial charge on any atom is 0.312 e. The molecule has 0 aromatic rings. The van der Waals surface area contributed by atoms with E-state index in [-0.39, 0.29) is 23.6 Å². The molecule has 0 aromatic carbocycles. The molecule has 0 spiro atoms. The largest absolute Gasteiger partial charge is 0.459 e. The van der Waals surface area contributed by atoms with Crippen molar-refractivity contribution in [1.29, 1.82) is 0 Å². The molecule has 0 saturated heterocycles. The number of carbonyl (C=O) groups is 1. The third-order valence-electron chi connectivity index (χ3n) is 5.51. The average molecular weight is 296 g/mol. The van der Waals surface area contributed by atoms with E-state index >= 15 is 0 Å². The molecule has 2 aliphatic rings. The minimum atomic E-state index is -0.375. The van der Waals surface area contributed by atoms with Gasteiger partial charge in [-0.2, -0.15) is 0 Å². The predicted octanol–water partition coefficient (Wildman–Crippen LogP) is 4.08. The maximum atomic E-state index is 12.6. The van der Waals surface area contributed by atoms with Crippen LogP contribution in [0.3, 0.4) is 0 Å². The topological polar surface area (TPSA) is 46.5 Å². The minimum Gasteiger partial charge on any atom is -0.459 e. The van der Waals surface area contributed by atoms with Crippen LogP contribution >= 0.6 is 0 Å². The lowest BCUT2D eigenvalue weighted by Crippen LogP contribution is -2.48. The van der Waals surface area contributed by atoms with Gasteiger partial charge in [-0.25, -0.2) is 0 Å². The number of hydrogen-bond acceptors (Lipinski definition) is 3. The van der Waals surface area contributed by atoms with Crippen LogP contribution in [0.15, 0.2) is 0 Å². The number of esters is 1. The number of ether oxygens (including phenoxy) is 1. The SMILES string of the molecule is CCCC(C)(C)C(=O)OC12CCCC(CC(CCO)C1)C2. The Labute approximate surface area is 129 Å². The Morgan fingerprint density at radius 2 is 2.14 bits per heavy atom. The second-order valence-electron chi connectivity index (χ2n) is 7.99. The summed E-state index contributed by atoms with van der Waals surface area (Å²) in [5.41, 5.74) is -0.608. The monoisotopic (exact) mass is 296 g/mol. The van der Waals surface area contributed by atoms with Gasteiger partial charge < -0.3 is 9.84 Å². The van der Waals surface area contributed by atoms with Gasteiger partial charge in [-0.3, -0.25) is 4.79 Å². The third-order valence-corrected chi connectivity index (χ3v) is 5.51. The number of aliphatic hydroxyl groups is 1. The van der Waals surface area contributed by atoms with E-state index in [0.717, 1.165) is 38.5 Å². The van der Waals surface area contributed by atoms with Gasteiger partial charge in [-0.05, 0) is 70.6 Å². The zero-order valence-electron chi connectivity index (χ0n) is 14.0. The molecule has 3 heteroatoms. The van der Waals surface area contributed by atoms with E-state index in [2.05, 4.69) is 6.92 Å². The summed E-state index contributed by atoms with van der Waals surface area (Å²) in [5, 5.41) is 9.24. The number of fused-ring (bicyclic) bond motifs is 2. The molecule has 2 bridgehead atoms. The van der Waals surface area contributed by atoms with E-state index in [1.54, 1.807) is 0 Å². The predicted molar refractivity (Wildman–Crippen MR) is 83.9 cm³/mol. The quantitative estimate of drug-likeness (QED) is 0.751. The molecule has 122 valence electrons. The molecule has 2 aliphatic carbocycles. The Morgan fingerprint density at radius 1 is 1.38 bits per heavy atom. The summed E-state index contributed by atoms with van der Waals surface area (Å²) in [4.78, 5) is 12.6. The molecule has 0 heterocycles. The van der Waals surface area contributed by atoms with Crippen molar-refractivity contribution >= 4 is 5.97 Å². The first kappa shape index (κ1) is 16.8. The lowest BCUT2D eigenvalue weighted by Gasteiger charge is -2.48. The second-order valence-corrected chi connectivity index (χ2v) is 7.99. The number of aliphatic hydroxyl groups excluding tert-OH is 1. The van der Waals surface area contributed by atoms with E-state index < -0.39 is 0 Å². The Hall–Kier alpha value is -0.570. The van der Waals surface area contributed by atoms with E-state index in [4.69, 9.17) is 4.74 Å². The second kappa shape index (κ2) is 6.68. The van der Waals surface area contributed by atoms with Crippen LogP contribution in [-0.2, 0) is 9.53 Å². The van der Waals surface area contributed by atoms with Crippen molar-refractivity contribution in [1.82, 2.24) is 0 Å². The molecule has 0 aliphatic heterocycles. The molecule has 21 heavy (non-hydrogen) atoms. The third kappa shape index (κ3) is 4.00. The number of rotatable bonds is 6. The average Bonchev–Trinajstić information content (AvgIpc) is 2.38. The summed E-state index contributed by atoms with van der Waals surface area (Å²) in [6.45, 7) is 6.37. The highest BCUT2D eigenvalue weighted by Crippen LogP contribution is 2.49. The first-order valence-corrected chi connectivity index (χ1v) is 8.75. The van der Waals surface area contributed by atoms with Crippen LogP contribution in [0, 0.1) is 17.3 Å². The Balaban J connectivity index is 2.06. The molecular weight excluding hydrogens is 264 g/mol. The Morgan fingerprint density at radius 3 is 2.81 bits per heavy atom. The van der Waals surface area contributed by atoms with Gasteiger partial charge in [0, 0.05) is 6.61 Å². The van der Waals surface area contributed by atoms with Gasteiger partial charge in [0.15, 0.2) is 0 Å². The van der Waals surface area contributed by atoms with Crippen LogP contribution in [0.2, 0.25) is 0 Å².